The number of hydrogen-bond acceptors (Lipinski definition) is 7. The minimum Gasteiger partial charge on any atom is -0.308 e. The van der Waals surface area contributed by atoms with Crippen LogP contribution in [0.5, 0.6) is 0 Å². The predicted molar refractivity (Wildman–Crippen MR) is 72.7 cm³/mol. The molecule has 0 bridgehead atoms. The van der Waals surface area contributed by atoms with Crippen LogP contribution in [-0.4, -0.2) is 19.9 Å². The number of aryl methyl sites for hydroxylation is 1. The van der Waals surface area contributed by atoms with Crippen LogP contribution >= 0.6 is 11.8 Å². The minimum absolute atomic E-state index is 0.478. The molecule has 1 aliphatic rings. The van der Waals surface area contributed by atoms with E-state index in [1.807, 2.05) is 19.1 Å². The van der Waals surface area contributed by atoms with Crippen LogP contribution in [0, 0.1) is 6.92 Å². The van der Waals surface area contributed by atoms with Gasteiger partial charge in [0.05, 0.1) is 0 Å². The van der Waals surface area contributed by atoms with E-state index in [4.69, 9.17) is 5.84 Å². The molecule has 0 radical (unpaired) electrons. The maximum absolute atomic E-state index is 5.44. The fourth-order valence-corrected chi connectivity index (χ4v) is 2.46. The van der Waals surface area contributed by atoms with E-state index in [2.05, 4.69) is 25.4 Å². The quantitative estimate of drug-likeness (QED) is 0.381. The Balaban J connectivity index is 1.89. The van der Waals surface area contributed by atoms with Gasteiger partial charge in [-0.1, -0.05) is 0 Å². The first kappa shape index (κ1) is 12.3. The van der Waals surface area contributed by atoms with Gasteiger partial charge in [-0.05, 0) is 37.6 Å². The SMILES string of the molecule is Cc1ccnc(Sc2cc(NN)nc(C3CC3)n2)n1. The first-order valence-electron chi connectivity index (χ1n) is 6.07. The molecule has 2 aromatic heterocycles. The van der Waals surface area contributed by atoms with Crippen LogP contribution in [0.15, 0.2) is 28.5 Å². The molecule has 1 saturated carbocycles. The van der Waals surface area contributed by atoms with Gasteiger partial charge >= 0.3 is 0 Å². The van der Waals surface area contributed by atoms with E-state index in [1.165, 1.54) is 11.8 Å². The van der Waals surface area contributed by atoms with Gasteiger partial charge < -0.3 is 5.43 Å². The highest BCUT2D eigenvalue weighted by Crippen LogP contribution is 2.39. The molecule has 7 heteroatoms. The maximum Gasteiger partial charge on any atom is 0.194 e. The van der Waals surface area contributed by atoms with Crippen molar-refractivity contribution in [2.75, 3.05) is 5.43 Å². The van der Waals surface area contributed by atoms with Gasteiger partial charge in [-0.15, -0.1) is 0 Å². The zero-order valence-corrected chi connectivity index (χ0v) is 11.3. The molecule has 0 unspecified atom stereocenters. The summed E-state index contributed by atoms with van der Waals surface area (Å²) in [7, 11) is 0. The van der Waals surface area contributed by atoms with Crippen molar-refractivity contribution in [1.82, 2.24) is 19.9 Å². The van der Waals surface area contributed by atoms with Gasteiger partial charge in [0, 0.05) is 23.9 Å². The summed E-state index contributed by atoms with van der Waals surface area (Å²) in [6, 6.07) is 3.68. The molecule has 2 heterocycles. The largest absolute Gasteiger partial charge is 0.308 e. The second-order valence-electron chi connectivity index (χ2n) is 4.45. The molecule has 6 nitrogen and oxygen atoms in total. The lowest BCUT2D eigenvalue weighted by Gasteiger charge is -2.06. The second-order valence-corrected chi connectivity index (χ2v) is 5.44. The fourth-order valence-electron chi connectivity index (χ4n) is 1.66. The lowest BCUT2D eigenvalue weighted by molar-refractivity contribution is 0.870. The molecular formula is C12H14N6S. The Morgan fingerprint density at radius 2 is 2.16 bits per heavy atom. The summed E-state index contributed by atoms with van der Waals surface area (Å²) in [5.74, 6) is 7.41. The van der Waals surface area contributed by atoms with Gasteiger partial charge in [-0.25, -0.2) is 25.8 Å². The lowest BCUT2D eigenvalue weighted by atomic mass is 10.4. The second kappa shape index (κ2) is 5.10. The van der Waals surface area contributed by atoms with Gasteiger partial charge in [0.25, 0.3) is 0 Å². The van der Waals surface area contributed by atoms with Crippen molar-refractivity contribution in [1.29, 1.82) is 0 Å². The van der Waals surface area contributed by atoms with Gasteiger partial charge in [-0.3, -0.25) is 0 Å². The number of nitrogens with zero attached hydrogens (tertiary/aromatic N) is 4. The topological polar surface area (TPSA) is 89.6 Å². The van der Waals surface area contributed by atoms with E-state index in [1.54, 1.807) is 6.20 Å². The summed E-state index contributed by atoms with van der Waals surface area (Å²) in [4.78, 5) is 17.5. The molecule has 0 aliphatic heterocycles. The van der Waals surface area contributed by atoms with Crippen molar-refractivity contribution in [2.45, 2.75) is 35.9 Å². The van der Waals surface area contributed by atoms with Gasteiger partial charge in [0.15, 0.2) is 5.16 Å². The van der Waals surface area contributed by atoms with Crippen LogP contribution in [0.2, 0.25) is 0 Å². The highest BCUT2D eigenvalue weighted by Gasteiger charge is 2.27. The molecule has 3 N–H and O–H groups in total. The van der Waals surface area contributed by atoms with Crippen LogP contribution < -0.4 is 11.3 Å². The third-order valence-corrected chi connectivity index (χ3v) is 3.58. The number of hydrazine groups is 1. The molecule has 0 aromatic carbocycles. The number of hydrogen-bond donors (Lipinski definition) is 2. The highest BCUT2D eigenvalue weighted by atomic mass is 32.2. The average molecular weight is 274 g/mol. The molecule has 0 atom stereocenters. The van der Waals surface area contributed by atoms with Crippen molar-refractivity contribution >= 4 is 17.6 Å². The molecule has 3 rings (SSSR count). The molecule has 2 aromatic rings. The average Bonchev–Trinajstić information content (AvgIpc) is 3.22. The number of aromatic nitrogens is 4. The van der Waals surface area contributed by atoms with Gasteiger partial charge in [-0.2, -0.15) is 0 Å². The van der Waals surface area contributed by atoms with Crippen molar-refractivity contribution in [3.8, 4) is 0 Å². The number of nitrogens with one attached hydrogen (secondary N) is 1. The minimum atomic E-state index is 0.478. The Labute approximate surface area is 115 Å². The first-order chi connectivity index (χ1) is 9.24. The summed E-state index contributed by atoms with van der Waals surface area (Å²) < 4.78 is 0. The van der Waals surface area contributed by atoms with Crippen molar-refractivity contribution in [3.05, 3.63) is 29.8 Å². The summed E-state index contributed by atoms with van der Waals surface area (Å²) in [6.07, 6.45) is 4.05. The molecule has 98 valence electrons. The van der Waals surface area contributed by atoms with E-state index in [0.29, 0.717) is 16.9 Å². The lowest BCUT2D eigenvalue weighted by Crippen LogP contribution is -2.10. The number of rotatable bonds is 4. The van der Waals surface area contributed by atoms with Crippen molar-refractivity contribution in [3.63, 3.8) is 0 Å². The zero-order valence-electron chi connectivity index (χ0n) is 10.5. The first-order valence-corrected chi connectivity index (χ1v) is 6.89. The van der Waals surface area contributed by atoms with Crippen molar-refractivity contribution < 1.29 is 0 Å². The summed E-state index contributed by atoms with van der Waals surface area (Å²) >= 11 is 1.42. The Morgan fingerprint density at radius 3 is 2.84 bits per heavy atom. The van der Waals surface area contributed by atoms with E-state index in [0.717, 1.165) is 29.4 Å². The molecular weight excluding hydrogens is 260 g/mol. The normalized spacial score (nSPS) is 14.4. The highest BCUT2D eigenvalue weighted by molar-refractivity contribution is 7.99. The monoisotopic (exact) mass is 274 g/mol. The molecule has 0 saturated heterocycles. The van der Waals surface area contributed by atoms with E-state index < -0.39 is 0 Å². The molecule has 0 amide bonds. The van der Waals surface area contributed by atoms with Crippen LogP contribution in [0.3, 0.4) is 0 Å². The Kier molecular flexibility index (Phi) is 3.31. The standard InChI is InChI=1S/C12H14N6S/c1-7-4-5-14-12(15-7)19-10-6-9(18-13)16-11(17-10)8-2-3-8/h4-6,8H,2-3,13H2,1H3,(H,16,17,18). The molecule has 1 fully saturated rings. The maximum atomic E-state index is 5.44. The Bertz CT molecular complexity index is 599. The summed E-state index contributed by atoms with van der Waals surface area (Å²) in [6.45, 7) is 1.94. The smallest absolute Gasteiger partial charge is 0.194 e. The Morgan fingerprint density at radius 1 is 1.32 bits per heavy atom. The van der Waals surface area contributed by atoms with Gasteiger partial charge in [0.2, 0.25) is 0 Å². The van der Waals surface area contributed by atoms with E-state index >= 15 is 0 Å². The molecule has 0 spiro atoms. The van der Waals surface area contributed by atoms with E-state index in [9.17, 15) is 0 Å². The van der Waals surface area contributed by atoms with Crippen LogP contribution in [-0.2, 0) is 0 Å². The van der Waals surface area contributed by atoms with Crippen LogP contribution in [0.4, 0.5) is 5.82 Å². The summed E-state index contributed by atoms with van der Waals surface area (Å²) in [5.41, 5.74) is 3.52. The van der Waals surface area contributed by atoms with Crippen LogP contribution in [0.1, 0.15) is 30.3 Å². The zero-order chi connectivity index (χ0) is 13.2. The summed E-state index contributed by atoms with van der Waals surface area (Å²) in [5, 5.41) is 1.50. The van der Waals surface area contributed by atoms with E-state index in [-0.39, 0.29) is 0 Å². The molecule has 19 heavy (non-hydrogen) atoms. The van der Waals surface area contributed by atoms with Crippen LogP contribution in [0.25, 0.3) is 0 Å². The fraction of sp³-hybridized carbons (Fsp3) is 0.333. The number of anilines is 1. The third kappa shape index (κ3) is 2.99. The van der Waals surface area contributed by atoms with Crippen molar-refractivity contribution in [2.24, 2.45) is 5.84 Å². The third-order valence-electron chi connectivity index (χ3n) is 2.78. The number of nitrogens with two attached hydrogens (primary N) is 1. The Hall–Kier alpha value is -1.73. The molecule has 1 aliphatic carbocycles. The predicted octanol–water partition coefficient (Wildman–Crippen LogP) is 1.89. The number of nitrogen functional groups attached to an aromatic ring is 1. The van der Waals surface area contributed by atoms with Gasteiger partial charge in [0.1, 0.15) is 16.7 Å².